The summed E-state index contributed by atoms with van der Waals surface area (Å²) >= 11 is 0. The maximum absolute atomic E-state index is 5.99. The maximum Gasteiger partial charge on any atom is 0.0140 e. The standard InChI is InChI=1S/C20H30N2.2ClH/c1-2-17(12-15-6-4-3-5-7-15)19-13-20(19)22-14-16-8-10-18(21)11-9-16;;/h3-7,12,16,18-20,22H,2,8-11,13-14,21H2,1H3;2*1H/b17-12+;;. The second kappa shape index (κ2) is 10.5. The van der Waals surface area contributed by atoms with E-state index >= 15 is 0 Å². The number of hydrogen-bond donors (Lipinski definition) is 2. The van der Waals surface area contributed by atoms with Crippen LogP contribution in [0, 0.1) is 11.8 Å². The molecule has 2 saturated carbocycles. The molecule has 2 fully saturated rings. The summed E-state index contributed by atoms with van der Waals surface area (Å²) in [5.74, 6) is 1.61. The highest BCUT2D eigenvalue weighted by molar-refractivity contribution is 5.85. The smallest absolute Gasteiger partial charge is 0.0140 e. The van der Waals surface area contributed by atoms with Crippen LogP contribution in [0.25, 0.3) is 6.08 Å². The molecular weight excluding hydrogens is 339 g/mol. The Hall–Kier alpha value is -0.540. The third kappa shape index (κ3) is 6.07. The Morgan fingerprint density at radius 3 is 2.42 bits per heavy atom. The zero-order valence-electron chi connectivity index (χ0n) is 14.6. The summed E-state index contributed by atoms with van der Waals surface area (Å²) in [4.78, 5) is 0. The molecule has 0 aliphatic heterocycles. The molecular formula is C20H32Cl2N2. The van der Waals surface area contributed by atoms with E-state index in [-0.39, 0.29) is 24.8 Å². The topological polar surface area (TPSA) is 38.0 Å². The summed E-state index contributed by atoms with van der Waals surface area (Å²) in [5.41, 5.74) is 8.94. The molecule has 0 saturated heterocycles. The average molecular weight is 371 g/mol. The highest BCUT2D eigenvalue weighted by Crippen LogP contribution is 2.40. The molecule has 0 radical (unpaired) electrons. The average Bonchev–Trinajstić information content (AvgIpc) is 3.32. The van der Waals surface area contributed by atoms with Gasteiger partial charge in [-0.05, 0) is 62.5 Å². The van der Waals surface area contributed by atoms with Gasteiger partial charge in [-0.15, -0.1) is 24.8 Å². The van der Waals surface area contributed by atoms with E-state index in [9.17, 15) is 0 Å². The van der Waals surface area contributed by atoms with Crippen LogP contribution in [0.1, 0.15) is 51.0 Å². The molecule has 0 spiro atoms. The molecule has 0 heterocycles. The number of nitrogens with two attached hydrogens (primary N) is 1. The Kier molecular flexibility index (Phi) is 9.36. The van der Waals surface area contributed by atoms with Crippen molar-refractivity contribution in [1.29, 1.82) is 0 Å². The fourth-order valence-electron chi connectivity index (χ4n) is 3.78. The molecule has 2 nitrogen and oxygen atoms in total. The predicted molar refractivity (Wildman–Crippen MR) is 109 cm³/mol. The molecule has 0 bridgehead atoms. The molecule has 0 aromatic heterocycles. The summed E-state index contributed by atoms with van der Waals surface area (Å²) in [6.45, 7) is 3.48. The second-order valence-corrected chi connectivity index (χ2v) is 7.12. The van der Waals surface area contributed by atoms with Crippen molar-refractivity contribution < 1.29 is 0 Å². The zero-order valence-corrected chi connectivity index (χ0v) is 16.3. The van der Waals surface area contributed by atoms with E-state index in [1.165, 1.54) is 44.2 Å². The molecule has 4 heteroatoms. The first-order valence-corrected chi connectivity index (χ1v) is 9.00. The first-order chi connectivity index (χ1) is 10.8. The minimum Gasteiger partial charge on any atom is -0.328 e. The van der Waals surface area contributed by atoms with Gasteiger partial charge < -0.3 is 11.1 Å². The highest BCUT2D eigenvalue weighted by Gasteiger charge is 2.39. The summed E-state index contributed by atoms with van der Waals surface area (Å²) in [6.07, 6.45) is 9.93. The highest BCUT2D eigenvalue weighted by atomic mass is 35.5. The monoisotopic (exact) mass is 370 g/mol. The minimum absolute atomic E-state index is 0. The van der Waals surface area contributed by atoms with Crippen LogP contribution < -0.4 is 11.1 Å². The third-order valence-electron chi connectivity index (χ3n) is 5.39. The molecule has 136 valence electrons. The summed E-state index contributed by atoms with van der Waals surface area (Å²) in [7, 11) is 0. The van der Waals surface area contributed by atoms with Crippen LogP contribution in [-0.2, 0) is 0 Å². The quantitative estimate of drug-likeness (QED) is 0.752. The van der Waals surface area contributed by atoms with Crippen molar-refractivity contribution in [2.75, 3.05) is 6.54 Å². The molecule has 2 aliphatic carbocycles. The van der Waals surface area contributed by atoms with Gasteiger partial charge in [-0.1, -0.05) is 48.9 Å². The van der Waals surface area contributed by atoms with E-state index in [2.05, 4.69) is 48.6 Å². The molecule has 2 unspecified atom stereocenters. The van der Waals surface area contributed by atoms with Gasteiger partial charge in [0, 0.05) is 12.1 Å². The van der Waals surface area contributed by atoms with Crippen LogP contribution in [0.3, 0.4) is 0 Å². The Morgan fingerprint density at radius 1 is 1.12 bits per heavy atom. The second-order valence-electron chi connectivity index (χ2n) is 7.12. The lowest BCUT2D eigenvalue weighted by Gasteiger charge is -2.26. The van der Waals surface area contributed by atoms with Gasteiger partial charge in [0.25, 0.3) is 0 Å². The van der Waals surface area contributed by atoms with Gasteiger partial charge in [-0.3, -0.25) is 0 Å². The number of nitrogens with one attached hydrogen (secondary N) is 1. The first-order valence-electron chi connectivity index (χ1n) is 9.00. The van der Waals surface area contributed by atoms with Crippen molar-refractivity contribution in [2.24, 2.45) is 17.6 Å². The normalized spacial score (nSPS) is 29.3. The molecule has 1 aromatic rings. The molecule has 3 N–H and O–H groups in total. The molecule has 1 aromatic carbocycles. The van der Waals surface area contributed by atoms with E-state index in [4.69, 9.17) is 5.73 Å². The van der Waals surface area contributed by atoms with Crippen molar-refractivity contribution >= 4 is 30.9 Å². The SMILES string of the molecule is CC/C(=C\c1ccccc1)C1CC1NCC1CCC(N)CC1.Cl.Cl. The van der Waals surface area contributed by atoms with Crippen molar-refractivity contribution in [3.8, 4) is 0 Å². The predicted octanol–water partition coefficient (Wildman–Crippen LogP) is 4.82. The van der Waals surface area contributed by atoms with Gasteiger partial charge in [0.1, 0.15) is 0 Å². The third-order valence-corrected chi connectivity index (χ3v) is 5.39. The molecule has 0 amide bonds. The largest absolute Gasteiger partial charge is 0.328 e. The molecule has 2 atom stereocenters. The van der Waals surface area contributed by atoms with E-state index < -0.39 is 0 Å². The van der Waals surface area contributed by atoms with E-state index in [0.29, 0.717) is 12.1 Å². The van der Waals surface area contributed by atoms with Crippen molar-refractivity contribution in [1.82, 2.24) is 5.32 Å². The van der Waals surface area contributed by atoms with Crippen molar-refractivity contribution in [3.63, 3.8) is 0 Å². The van der Waals surface area contributed by atoms with Gasteiger partial charge in [0.15, 0.2) is 0 Å². The van der Waals surface area contributed by atoms with Crippen LogP contribution >= 0.6 is 24.8 Å². The molecule has 2 aliphatic rings. The maximum atomic E-state index is 5.99. The van der Waals surface area contributed by atoms with Gasteiger partial charge in [-0.2, -0.15) is 0 Å². The fourth-order valence-corrected chi connectivity index (χ4v) is 3.78. The zero-order chi connectivity index (χ0) is 15.4. The Bertz CT molecular complexity index is 496. The first kappa shape index (κ1) is 21.5. The van der Waals surface area contributed by atoms with Crippen molar-refractivity contribution in [2.45, 2.75) is 57.5 Å². The molecule has 3 rings (SSSR count). The lowest BCUT2D eigenvalue weighted by molar-refractivity contribution is 0.313. The van der Waals surface area contributed by atoms with Crippen LogP contribution in [0.5, 0.6) is 0 Å². The fraction of sp³-hybridized carbons (Fsp3) is 0.600. The summed E-state index contributed by atoms with van der Waals surface area (Å²) in [5, 5.41) is 3.81. The van der Waals surface area contributed by atoms with Crippen LogP contribution in [0.2, 0.25) is 0 Å². The summed E-state index contributed by atoms with van der Waals surface area (Å²) < 4.78 is 0. The lowest BCUT2D eigenvalue weighted by Crippen LogP contribution is -2.32. The molecule has 24 heavy (non-hydrogen) atoms. The minimum atomic E-state index is 0. The van der Waals surface area contributed by atoms with Gasteiger partial charge in [0.2, 0.25) is 0 Å². The van der Waals surface area contributed by atoms with Gasteiger partial charge in [-0.25, -0.2) is 0 Å². The number of hydrogen-bond acceptors (Lipinski definition) is 2. The van der Waals surface area contributed by atoms with E-state index in [0.717, 1.165) is 18.3 Å². The van der Waals surface area contributed by atoms with Crippen LogP contribution in [0.4, 0.5) is 0 Å². The number of halogens is 2. The van der Waals surface area contributed by atoms with E-state index in [1.807, 2.05) is 0 Å². The Balaban J connectivity index is 0.00000144. The van der Waals surface area contributed by atoms with E-state index in [1.54, 1.807) is 5.57 Å². The van der Waals surface area contributed by atoms with Crippen molar-refractivity contribution in [3.05, 3.63) is 41.5 Å². The Labute approximate surface area is 159 Å². The van der Waals surface area contributed by atoms with Gasteiger partial charge in [0.05, 0.1) is 0 Å². The Morgan fingerprint density at radius 2 is 1.79 bits per heavy atom. The van der Waals surface area contributed by atoms with Crippen LogP contribution in [-0.4, -0.2) is 18.6 Å². The summed E-state index contributed by atoms with van der Waals surface area (Å²) in [6, 6.07) is 11.9. The number of rotatable bonds is 6. The number of benzene rings is 1. The van der Waals surface area contributed by atoms with Gasteiger partial charge >= 0.3 is 0 Å². The van der Waals surface area contributed by atoms with Crippen LogP contribution in [0.15, 0.2) is 35.9 Å². The lowest BCUT2D eigenvalue weighted by atomic mass is 9.86.